The van der Waals surface area contributed by atoms with Crippen molar-refractivity contribution in [2.45, 2.75) is 17.4 Å². The van der Waals surface area contributed by atoms with Crippen LogP contribution < -0.4 is 0 Å². The molecule has 1 aliphatic heterocycles. The Balaban J connectivity index is 2.14. The predicted molar refractivity (Wildman–Crippen MR) is 71.1 cm³/mol. The molecule has 0 aliphatic carbocycles. The molecule has 100 valence electrons. The highest BCUT2D eigenvalue weighted by Crippen LogP contribution is 2.27. The largest absolute Gasteiger partial charge is 0.392 e. The maximum Gasteiger partial charge on any atom is 0.243 e. The van der Waals surface area contributed by atoms with Crippen LogP contribution in [0, 0.1) is 0 Å². The third kappa shape index (κ3) is 2.11. The summed E-state index contributed by atoms with van der Waals surface area (Å²) < 4.78 is 26.5. The van der Waals surface area contributed by atoms with Crippen molar-refractivity contribution in [1.82, 2.24) is 9.29 Å². The zero-order valence-electron chi connectivity index (χ0n) is 10.2. The van der Waals surface area contributed by atoms with Gasteiger partial charge in [0.05, 0.1) is 11.0 Å². The summed E-state index contributed by atoms with van der Waals surface area (Å²) in [5.41, 5.74) is 0. The minimum atomic E-state index is -3.55. The molecule has 0 radical (unpaired) electrons. The molecule has 1 atom stereocenters. The Morgan fingerprint density at radius 2 is 2.16 bits per heavy atom. The van der Waals surface area contributed by atoms with Crippen LogP contribution >= 0.6 is 0 Å². The molecule has 6 heteroatoms. The molecule has 1 N–H and O–H groups in total. The fourth-order valence-corrected chi connectivity index (χ4v) is 4.09. The van der Waals surface area contributed by atoms with Gasteiger partial charge in [0.15, 0.2) is 0 Å². The Kier molecular flexibility index (Phi) is 3.00. The lowest BCUT2D eigenvalue weighted by Gasteiger charge is -2.17. The van der Waals surface area contributed by atoms with E-state index in [1.807, 2.05) is 6.07 Å². The summed E-state index contributed by atoms with van der Waals surface area (Å²) in [4.78, 5) is 4.28. The van der Waals surface area contributed by atoms with E-state index in [1.165, 1.54) is 4.31 Å². The van der Waals surface area contributed by atoms with Crippen molar-refractivity contribution in [3.63, 3.8) is 0 Å². The topological polar surface area (TPSA) is 70.5 Å². The van der Waals surface area contributed by atoms with Gasteiger partial charge in [0.1, 0.15) is 0 Å². The van der Waals surface area contributed by atoms with E-state index in [9.17, 15) is 13.5 Å². The number of hydrogen-bond acceptors (Lipinski definition) is 4. The maximum absolute atomic E-state index is 12.6. The number of hydrogen-bond donors (Lipinski definition) is 1. The first-order valence-corrected chi connectivity index (χ1v) is 7.54. The monoisotopic (exact) mass is 278 g/mol. The molecule has 1 fully saturated rings. The summed E-state index contributed by atoms with van der Waals surface area (Å²) in [7, 11) is -3.55. The minimum absolute atomic E-state index is 0.170. The van der Waals surface area contributed by atoms with E-state index in [-0.39, 0.29) is 11.4 Å². The quantitative estimate of drug-likeness (QED) is 0.889. The van der Waals surface area contributed by atoms with Gasteiger partial charge in [-0.15, -0.1) is 0 Å². The molecule has 3 rings (SSSR count). The van der Waals surface area contributed by atoms with Gasteiger partial charge in [0, 0.05) is 36.3 Å². The first-order chi connectivity index (χ1) is 9.09. The Morgan fingerprint density at radius 1 is 1.32 bits per heavy atom. The molecular weight excluding hydrogens is 264 g/mol. The average molecular weight is 278 g/mol. The summed E-state index contributed by atoms with van der Waals surface area (Å²) in [6.07, 6.45) is 3.16. The highest BCUT2D eigenvalue weighted by Gasteiger charge is 2.32. The molecule has 2 aromatic rings. The molecule has 5 nitrogen and oxygen atoms in total. The molecule has 0 unspecified atom stereocenters. The van der Waals surface area contributed by atoms with Crippen molar-refractivity contribution in [3.8, 4) is 0 Å². The van der Waals surface area contributed by atoms with Crippen LogP contribution in [0.25, 0.3) is 10.8 Å². The van der Waals surface area contributed by atoms with E-state index >= 15 is 0 Å². The van der Waals surface area contributed by atoms with Crippen LogP contribution in [0.4, 0.5) is 0 Å². The SMILES string of the molecule is O=S(=O)(c1cccc2cnccc12)N1CC[C@H](O)C1. The maximum atomic E-state index is 12.6. The number of aliphatic hydroxyl groups is 1. The third-order valence-corrected chi connectivity index (χ3v) is 5.31. The normalized spacial score (nSPS) is 21.0. The fourth-order valence-electron chi connectivity index (χ4n) is 2.39. The third-order valence-electron chi connectivity index (χ3n) is 3.38. The molecule has 1 aromatic carbocycles. The van der Waals surface area contributed by atoms with Gasteiger partial charge in [-0.3, -0.25) is 4.98 Å². The summed E-state index contributed by atoms with van der Waals surface area (Å²) in [6, 6.07) is 6.85. The van der Waals surface area contributed by atoms with E-state index in [2.05, 4.69) is 4.98 Å². The van der Waals surface area contributed by atoms with Crippen molar-refractivity contribution in [2.24, 2.45) is 0 Å². The second-order valence-electron chi connectivity index (χ2n) is 4.66. The molecule has 2 heterocycles. The number of aliphatic hydroxyl groups excluding tert-OH is 1. The van der Waals surface area contributed by atoms with Crippen LogP contribution in [-0.2, 0) is 10.0 Å². The van der Waals surface area contributed by atoms with Crippen LogP contribution in [0.3, 0.4) is 0 Å². The van der Waals surface area contributed by atoms with Crippen molar-refractivity contribution < 1.29 is 13.5 Å². The number of rotatable bonds is 2. The van der Waals surface area contributed by atoms with Crippen molar-refractivity contribution in [1.29, 1.82) is 0 Å². The number of aromatic nitrogens is 1. The lowest BCUT2D eigenvalue weighted by molar-refractivity contribution is 0.189. The zero-order valence-corrected chi connectivity index (χ0v) is 11.0. The Hall–Kier alpha value is -1.50. The molecule has 0 amide bonds. The second-order valence-corrected chi connectivity index (χ2v) is 6.56. The van der Waals surface area contributed by atoms with Crippen LogP contribution in [0.15, 0.2) is 41.6 Å². The molecular formula is C13H14N2O3S. The van der Waals surface area contributed by atoms with Gasteiger partial charge in [0.25, 0.3) is 0 Å². The zero-order chi connectivity index (χ0) is 13.5. The minimum Gasteiger partial charge on any atom is -0.392 e. The number of sulfonamides is 1. The molecule has 1 saturated heterocycles. The predicted octanol–water partition coefficient (Wildman–Crippen LogP) is 0.990. The summed E-state index contributed by atoms with van der Waals surface area (Å²) in [5.74, 6) is 0. The second kappa shape index (κ2) is 4.56. The van der Waals surface area contributed by atoms with Crippen LogP contribution in [0.1, 0.15) is 6.42 Å². The van der Waals surface area contributed by atoms with Gasteiger partial charge in [0.2, 0.25) is 10.0 Å². The van der Waals surface area contributed by atoms with Crippen LogP contribution in [0.5, 0.6) is 0 Å². The van der Waals surface area contributed by atoms with Gasteiger partial charge in [-0.2, -0.15) is 4.31 Å². The lowest BCUT2D eigenvalue weighted by atomic mass is 10.2. The van der Waals surface area contributed by atoms with Gasteiger partial charge in [-0.25, -0.2) is 8.42 Å². The average Bonchev–Trinajstić information content (AvgIpc) is 2.85. The fraction of sp³-hybridized carbons (Fsp3) is 0.308. The van der Waals surface area contributed by atoms with Crippen LogP contribution in [0.2, 0.25) is 0 Å². The van der Waals surface area contributed by atoms with E-state index in [0.717, 1.165) is 5.39 Å². The van der Waals surface area contributed by atoms with Gasteiger partial charge in [-0.1, -0.05) is 12.1 Å². The summed E-state index contributed by atoms with van der Waals surface area (Å²) >= 11 is 0. The van der Waals surface area contributed by atoms with Crippen LogP contribution in [-0.4, -0.2) is 42.0 Å². The van der Waals surface area contributed by atoms with Crippen molar-refractivity contribution in [2.75, 3.05) is 13.1 Å². The van der Waals surface area contributed by atoms with Gasteiger partial charge >= 0.3 is 0 Å². The number of benzene rings is 1. The first kappa shape index (κ1) is 12.5. The number of fused-ring (bicyclic) bond motifs is 1. The number of nitrogens with zero attached hydrogens (tertiary/aromatic N) is 2. The molecule has 1 aromatic heterocycles. The molecule has 0 bridgehead atoms. The molecule has 0 saturated carbocycles. The smallest absolute Gasteiger partial charge is 0.243 e. The lowest BCUT2D eigenvalue weighted by Crippen LogP contribution is -2.29. The van der Waals surface area contributed by atoms with E-state index < -0.39 is 16.1 Å². The number of pyridine rings is 1. The molecule has 0 spiro atoms. The van der Waals surface area contributed by atoms with Crippen molar-refractivity contribution in [3.05, 3.63) is 36.7 Å². The van der Waals surface area contributed by atoms with E-state index in [0.29, 0.717) is 18.4 Å². The number of β-amino-alcohol motifs (C(OH)–C–C–N with tert-alkyl or cyclic N) is 1. The Bertz CT molecular complexity index is 709. The summed E-state index contributed by atoms with van der Waals surface area (Å²) in [5, 5.41) is 11.0. The highest BCUT2D eigenvalue weighted by atomic mass is 32.2. The van der Waals surface area contributed by atoms with E-state index in [4.69, 9.17) is 0 Å². The highest BCUT2D eigenvalue weighted by molar-refractivity contribution is 7.89. The van der Waals surface area contributed by atoms with Crippen molar-refractivity contribution >= 4 is 20.8 Å². The molecule has 19 heavy (non-hydrogen) atoms. The molecule has 1 aliphatic rings. The van der Waals surface area contributed by atoms with Gasteiger partial charge in [-0.05, 0) is 18.6 Å². The first-order valence-electron chi connectivity index (χ1n) is 6.10. The van der Waals surface area contributed by atoms with E-state index in [1.54, 1.807) is 30.6 Å². The Labute approximate surface area is 111 Å². The summed E-state index contributed by atoms with van der Waals surface area (Å²) in [6.45, 7) is 0.536. The Morgan fingerprint density at radius 3 is 2.89 bits per heavy atom. The standard InChI is InChI=1S/C13H14N2O3S/c16-11-5-7-15(9-11)19(17,18)13-3-1-2-10-8-14-6-4-12(10)13/h1-4,6,8,11,16H,5,7,9H2/t11-/m0/s1. The van der Waals surface area contributed by atoms with Gasteiger partial charge < -0.3 is 5.11 Å².